The Labute approximate surface area is 83.4 Å². The highest BCUT2D eigenvalue weighted by molar-refractivity contribution is 5.85. The van der Waals surface area contributed by atoms with Gasteiger partial charge in [-0.2, -0.15) is 0 Å². The molecule has 0 aliphatic rings. The molecule has 0 heterocycles. The lowest BCUT2D eigenvalue weighted by atomic mass is 10.4. The first-order valence-electron chi connectivity index (χ1n) is 3.74. The predicted molar refractivity (Wildman–Crippen MR) is 50.6 cm³/mol. The van der Waals surface area contributed by atoms with Crippen LogP contribution in [0.15, 0.2) is 0 Å². The summed E-state index contributed by atoms with van der Waals surface area (Å²) in [6.07, 6.45) is 0.494. The van der Waals surface area contributed by atoms with E-state index in [9.17, 15) is 9.59 Å². The maximum Gasteiger partial charge on any atom is 0.307 e. The van der Waals surface area contributed by atoms with Gasteiger partial charge >= 0.3 is 5.97 Å². The molecule has 0 fully saturated rings. The van der Waals surface area contributed by atoms with Gasteiger partial charge in [0.15, 0.2) is 0 Å². The molecule has 0 aromatic heterocycles. The van der Waals surface area contributed by atoms with Crippen LogP contribution >= 0.6 is 12.4 Å². The van der Waals surface area contributed by atoms with E-state index in [1.54, 1.807) is 0 Å². The third kappa shape index (κ3) is 9.10. The molecule has 5 nitrogen and oxygen atoms in total. The fraction of sp³-hybridized carbons (Fsp3) is 0.714. The molecule has 0 bridgehead atoms. The number of nitrogens with one attached hydrogen (secondary N) is 1. The summed E-state index contributed by atoms with van der Waals surface area (Å²) >= 11 is 0. The highest BCUT2D eigenvalue weighted by Crippen LogP contribution is 1.82. The van der Waals surface area contributed by atoms with Crippen molar-refractivity contribution in [2.45, 2.75) is 12.8 Å². The number of ether oxygens (including phenoxy) is 1. The van der Waals surface area contributed by atoms with Crippen molar-refractivity contribution in [2.75, 3.05) is 20.2 Å². The first kappa shape index (κ1) is 14.7. The zero-order chi connectivity index (χ0) is 9.40. The van der Waals surface area contributed by atoms with Crippen molar-refractivity contribution in [3.8, 4) is 0 Å². The Balaban J connectivity index is 0. The smallest absolute Gasteiger partial charge is 0.307 e. The SMILES string of the molecule is COC(=O)CCNC(=O)CCN.Cl. The van der Waals surface area contributed by atoms with Crippen molar-refractivity contribution in [1.82, 2.24) is 5.32 Å². The number of carbonyl (C=O) groups is 2. The Morgan fingerprint density at radius 3 is 2.46 bits per heavy atom. The molecular weight excluding hydrogens is 196 g/mol. The Morgan fingerprint density at radius 2 is 2.00 bits per heavy atom. The van der Waals surface area contributed by atoms with E-state index in [1.807, 2.05) is 0 Å². The van der Waals surface area contributed by atoms with Crippen molar-refractivity contribution in [2.24, 2.45) is 5.73 Å². The molecular formula is C7H15ClN2O3. The Hall–Kier alpha value is -0.810. The van der Waals surface area contributed by atoms with Crippen LogP contribution in [0.4, 0.5) is 0 Å². The van der Waals surface area contributed by atoms with Gasteiger partial charge < -0.3 is 15.8 Å². The van der Waals surface area contributed by atoms with Gasteiger partial charge in [0, 0.05) is 19.5 Å². The van der Waals surface area contributed by atoms with Crippen LogP contribution in [0.2, 0.25) is 0 Å². The Bertz CT molecular complexity index is 164. The number of hydrogen-bond acceptors (Lipinski definition) is 4. The van der Waals surface area contributed by atoms with E-state index in [4.69, 9.17) is 5.73 Å². The number of nitrogens with two attached hydrogens (primary N) is 1. The van der Waals surface area contributed by atoms with Crippen LogP contribution < -0.4 is 11.1 Å². The molecule has 0 aliphatic carbocycles. The van der Waals surface area contributed by atoms with Gasteiger partial charge in [0.25, 0.3) is 0 Å². The van der Waals surface area contributed by atoms with E-state index < -0.39 is 0 Å². The predicted octanol–water partition coefficient (Wildman–Crippen LogP) is -0.564. The van der Waals surface area contributed by atoms with Gasteiger partial charge in [0.1, 0.15) is 0 Å². The quantitative estimate of drug-likeness (QED) is 0.596. The number of esters is 1. The lowest BCUT2D eigenvalue weighted by molar-refractivity contribution is -0.140. The Morgan fingerprint density at radius 1 is 1.38 bits per heavy atom. The number of amides is 1. The molecule has 0 aromatic rings. The normalized spacial score (nSPS) is 8.46. The second-order valence-electron chi connectivity index (χ2n) is 2.21. The summed E-state index contributed by atoms with van der Waals surface area (Å²) in [5.41, 5.74) is 5.13. The van der Waals surface area contributed by atoms with Gasteiger partial charge in [0.2, 0.25) is 5.91 Å². The summed E-state index contributed by atoms with van der Waals surface area (Å²) in [5, 5.41) is 2.53. The molecule has 78 valence electrons. The second kappa shape index (κ2) is 9.28. The van der Waals surface area contributed by atoms with Crippen LogP contribution in [0.25, 0.3) is 0 Å². The molecule has 0 rings (SSSR count). The zero-order valence-electron chi connectivity index (χ0n) is 7.54. The molecule has 1 amide bonds. The highest BCUT2D eigenvalue weighted by Gasteiger charge is 2.01. The van der Waals surface area contributed by atoms with E-state index in [-0.39, 0.29) is 30.7 Å². The summed E-state index contributed by atoms with van der Waals surface area (Å²) < 4.78 is 4.38. The molecule has 0 aromatic carbocycles. The summed E-state index contributed by atoms with van der Waals surface area (Å²) in [4.78, 5) is 21.3. The van der Waals surface area contributed by atoms with Crippen LogP contribution in [0.3, 0.4) is 0 Å². The molecule has 3 N–H and O–H groups in total. The van der Waals surface area contributed by atoms with Crippen LogP contribution in [0.5, 0.6) is 0 Å². The van der Waals surface area contributed by atoms with Crippen LogP contribution in [-0.2, 0) is 14.3 Å². The van der Waals surface area contributed by atoms with Crippen molar-refractivity contribution in [1.29, 1.82) is 0 Å². The van der Waals surface area contributed by atoms with E-state index in [2.05, 4.69) is 10.1 Å². The standard InChI is InChI=1S/C7H14N2O3.ClH/c1-12-7(11)3-5-9-6(10)2-4-8;/h2-5,8H2,1H3,(H,9,10);1H. The number of halogens is 1. The van der Waals surface area contributed by atoms with Crippen molar-refractivity contribution < 1.29 is 14.3 Å². The second-order valence-corrected chi connectivity index (χ2v) is 2.21. The van der Waals surface area contributed by atoms with Crippen molar-refractivity contribution >= 4 is 24.3 Å². The number of hydrogen-bond donors (Lipinski definition) is 2. The van der Waals surface area contributed by atoms with Crippen LogP contribution in [0.1, 0.15) is 12.8 Å². The topological polar surface area (TPSA) is 81.4 Å². The zero-order valence-corrected chi connectivity index (χ0v) is 8.36. The van der Waals surface area contributed by atoms with Gasteiger partial charge in [-0.25, -0.2) is 0 Å². The van der Waals surface area contributed by atoms with Gasteiger partial charge in [-0.3, -0.25) is 9.59 Å². The van der Waals surface area contributed by atoms with E-state index >= 15 is 0 Å². The first-order valence-corrected chi connectivity index (χ1v) is 3.74. The molecule has 0 saturated heterocycles. The molecule has 0 radical (unpaired) electrons. The average molecular weight is 211 g/mol. The lowest BCUT2D eigenvalue weighted by Crippen LogP contribution is -2.27. The van der Waals surface area contributed by atoms with E-state index in [0.29, 0.717) is 19.5 Å². The monoisotopic (exact) mass is 210 g/mol. The summed E-state index contributed by atoms with van der Waals surface area (Å²) in [7, 11) is 1.31. The highest BCUT2D eigenvalue weighted by atomic mass is 35.5. The summed E-state index contributed by atoms with van der Waals surface area (Å²) in [6, 6.07) is 0. The maximum atomic E-state index is 10.8. The van der Waals surface area contributed by atoms with Gasteiger partial charge in [-0.1, -0.05) is 0 Å². The number of carbonyl (C=O) groups excluding carboxylic acids is 2. The van der Waals surface area contributed by atoms with Gasteiger partial charge in [-0.05, 0) is 0 Å². The molecule has 0 spiro atoms. The van der Waals surface area contributed by atoms with Gasteiger partial charge in [-0.15, -0.1) is 12.4 Å². The molecule has 13 heavy (non-hydrogen) atoms. The molecule has 0 saturated carbocycles. The largest absolute Gasteiger partial charge is 0.469 e. The maximum absolute atomic E-state index is 10.8. The van der Waals surface area contributed by atoms with E-state index in [0.717, 1.165) is 0 Å². The van der Waals surface area contributed by atoms with Gasteiger partial charge in [0.05, 0.1) is 13.5 Å². The van der Waals surface area contributed by atoms with Crippen LogP contribution in [0, 0.1) is 0 Å². The molecule has 0 atom stereocenters. The van der Waals surface area contributed by atoms with Crippen molar-refractivity contribution in [3.05, 3.63) is 0 Å². The summed E-state index contributed by atoms with van der Waals surface area (Å²) in [6.45, 7) is 0.634. The molecule has 6 heteroatoms. The van der Waals surface area contributed by atoms with Crippen molar-refractivity contribution in [3.63, 3.8) is 0 Å². The summed E-state index contributed by atoms with van der Waals surface area (Å²) in [5.74, 6) is -0.468. The minimum absolute atomic E-state index is 0. The number of rotatable bonds is 5. The Kier molecular flexibility index (Phi) is 10.5. The fourth-order valence-corrected chi connectivity index (χ4v) is 0.626. The fourth-order valence-electron chi connectivity index (χ4n) is 0.626. The minimum atomic E-state index is -0.331. The first-order chi connectivity index (χ1) is 5.70. The number of methoxy groups -OCH3 is 1. The molecule has 0 unspecified atom stereocenters. The third-order valence-corrected chi connectivity index (χ3v) is 1.25. The van der Waals surface area contributed by atoms with Crippen LogP contribution in [-0.4, -0.2) is 32.1 Å². The minimum Gasteiger partial charge on any atom is -0.469 e. The average Bonchev–Trinajstić information content (AvgIpc) is 2.04. The third-order valence-electron chi connectivity index (χ3n) is 1.25. The van der Waals surface area contributed by atoms with E-state index in [1.165, 1.54) is 7.11 Å². The lowest BCUT2D eigenvalue weighted by Gasteiger charge is -2.02. The molecule has 0 aliphatic heterocycles.